The van der Waals surface area contributed by atoms with Crippen molar-refractivity contribution in [1.82, 2.24) is 4.57 Å². The maximum Gasteiger partial charge on any atom is 0.255 e. The highest BCUT2D eigenvalue weighted by Crippen LogP contribution is 2.37. The largest absolute Gasteiger partial charge is 0.255 e. The van der Waals surface area contributed by atoms with E-state index >= 15 is 0 Å². The molecule has 1 unspecified atom stereocenters. The average Bonchev–Trinajstić information content (AvgIpc) is 2.82. The molecule has 2 aromatic rings. The Balaban J connectivity index is 2.12. The standard InChI is InChI=1S/C17H19Cl2N2/c1-3-17(21-12-20(4-2)15(18)16(21)19)10-9-13-7-5-6-8-14(13)11-17/h5-10,12H,3-4,11H2,1-2H3/q+1. The van der Waals surface area contributed by atoms with E-state index in [4.69, 9.17) is 23.2 Å². The Hall–Kier alpha value is -1.25. The third kappa shape index (κ3) is 2.31. The van der Waals surface area contributed by atoms with Gasteiger partial charge < -0.3 is 0 Å². The third-order valence-electron chi connectivity index (χ3n) is 4.45. The maximum atomic E-state index is 6.50. The first-order chi connectivity index (χ1) is 10.1. The van der Waals surface area contributed by atoms with Gasteiger partial charge in [0.1, 0.15) is 5.54 Å². The van der Waals surface area contributed by atoms with Crippen LogP contribution in [0.25, 0.3) is 6.08 Å². The number of nitrogens with zero attached hydrogens (tertiary/aromatic N) is 2. The molecule has 0 aliphatic heterocycles. The lowest BCUT2D eigenvalue weighted by Crippen LogP contribution is -2.37. The first-order valence-corrected chi connectivity index (χ1v) is 8.10. The lowest BCUT2D eigenvalue weighted by Gasteiger charge is -2.30. The molecule has 1 aliphatic carbocycles. The van der Waals surface area contributed by atoms with Gasteiger partial charge in [0.2, 0.25) is 6.33 Å². The van der Waals surface area contributed by atoms with Crippen molar-refractivity contribution in [2.75, 3.05) is 0 Å². The van der Waals surface area contributed by atoms with Crippen molar-refractivity contribution in [2.24, 2.45) is 0 Å². The summed E-state index contributed by atoms with van der Waals surface area (Å²) in [5.74, 6) is 0. The Labute approximate surface area is 135 Å². The van der Waals surface area contributed by atoms with Crippen LogP contribution < -0.4 is 4.57 Å². The highest BCUT2D eigenvalue weighted by atomic mass is 35.5. The number of hydrogen-bond donors (Lipinski definition) is 0. The van der Waals surface area contributed by atoms with Crippen molar-refractivity contribution in [3.63, 3.8) is 0 Å². The summed E-state index contributed by atoms with van der Waals surface area (Å²) >= 11 is 12.8. The fraction of sp³-hybridized carbons (Fsp3) is 0.353. The summed E-state index contributed by atoms with van der Waals surface area (Å²) in [7, 11) is 0. The van der Waals surface area contributed by atoms with Gasteiger partial charge >= 0.3 is 0 Å². The van der Waals surface area contributed by atoms with Gasteiger partial charge in [-0.3, -0.25) is 0 Å². The zero-order valence-electron chi connectivity index (χ0n) is 12.3. The van der Waals surface area contributed by atoms with Gasteiger partial charge in [-0.2, -0.15) is 0 Å². The molecule has 4 heteroatoms. The summed E-state index contributed by atoms with van der Waals surface area (Å²) in [5, 5.41) is 1.23. The van der Waals surface area contributed by atoms with Gasteiger partial charge in [0.15, 0.2) is 0 Å². The van der Waals surface area contributed by atoms with Crippen LogP contribution in [0.15, 0.2) is 36.7 Å². The quantitative estimate of drug-likeness (QED) is 0.737. The van der Waals surface area contributed by atoms with Crippen LogP contribution in [0.5, 0.6) is 0 Å². The monoisotopic (exact) mass is 321 g/mol. The fourth-order valence-electron chi connectivity index (χ4n) is 3.06. The Kier molecular flexibility index (Phi) is 3.85. The van der Waals surface area contributed by atoms with E-state index in [0.29, 0.717) is 10.3 Å². The van der Waals surface area contributed by atoms with Gasteiger partial charge in [-0.15, -0.1) is 0 Å². The lowest BCUT2D eigenvalue weighted by molar-refractivity contribution is -0.691. The zero-order chi connectivity index (χ0) is 15.0. The Morgan fingerprint density at radius 1 is 1.24 bits per heavy atom. The van der Waals surface area contributed by atoms with Crippen LogP contribution in [0.1, 0.15) is 31.4 Å². The number of benzene rings is 1. The normalized spacial score (nSPS) is 20.6. The second-order valence-electron chi connectivity index (χ2n) is 5.52. The Bertz CT molecular complexity index is 703. The minimum atomic E-state index is -0.143. The molecular formula is C17H19Cl2N2+. The molecule has 1 heterocycles. The van der Waals surface area contributed by atoms with E-state index in [1.165, 1.54) is 11.1 Å². The number of fused-ring (bicyclic) bond motifs is 1. The van der Waals surface area contributed by atoms with Crippen LogP contribution in [0.3, 0.4) is 0 Å². The van der Waals surface area contributed by atoms with Gasteiger partial charge in [-0.1, -0.05) is 37.3 Å². The van der Waals surface area contributed by atoms with Gasteiger partial charge in [-0.25, -0.2) is 9.13 Å². The van der Waals surface area contributed by atoms with E-state index in [2.05, 4.69) is 54.8 Å². The maximum absolute atomic E-state index is 6.50. The molecule has 0 radical (unpaired) electrons. The molecule has 0 saturated carbocycles. The van der Waals surface area contributed by atoms with Crippen molar-refractivity contribution in [3.8, 4) is 0 Å². The molecule has 0 saturated heterocycles. The number of imidazole rings is 1. The van der Waals surface area contributed by atoms with Crippen LogP contribution in [0.2, 0.25) is 10.3 Å². The number of allylic oxidation sites excluding steroid dienone is 1. The first-order valence-electron chi connectivity index (χ1n) is 7.34. The molecular weight excluding hydrogens is 303 g/mol. The molecule has 1 aromatic heterocycles. The van der Waals surface area contributed by atoms with E-state index in [-0.39, 0.29) is 5.54 Å². The number of hydrogen-bond acceptors (Lipinski definition) is 0. The van der Waals surface area contributed by atoms with E-state index in [1.807, 2.05) is 10.9 Å². The Morgan fingerprint density at radius 3 is 2.67 bits per heavy atom. The summed E-state index contributed by atoms with van der Waals surface area (Å²) < 4.78 is 4.10. The van der Waals surface area contributed by atoms with Crippen LogP contribution in [0, 0.1) is 0 Å². The summed E-state index contributed by atoms with van der Waals surface area (Å²) in [6, 6.07) is 8.51. The van der Waals surface area contributed by atoms with E-state index in [0.717, 1.165) is 19.4 Å². The number of aromatic nitrogens is 2. The second-order valence-corrected chi connectivity index (χ2v) is 6.24. The molecule has 0 N–H and O–H groups in total. The van der Waals surface area contributed by atoms with Crippen molar-refractivity contribution in [3.05, 3.63) is 58.1 Å². The van der Waals surface area contributed by atoms with E-state index in [1.54, 1.807) is 0 Å². The number of halogens is 2. The first kappa shape index (κ1) is 14.7. The summed E-state index contributed by atoms with van der Waals surface area (Å²) in [5.41, 5.74) is 2.50. The SMILES string of the molecule is CC[n+]1cn(C2(CC)C=Cc3ccccc3C2)c(Cl)c1Cl. The predicted octanol–water partition coefficient (Wildman–Crippen LogP) is 4.48. The molecule has 2 nitrogen and oxygen atoms in total. The van der Waals surface area contributed by atoms with Crippen molar-refractivity contribution in [1.29, 1.82) is 0 Å². The highest BCUT2D eigenvalue weighted by molar-refractivity contribution is 6.39. The van der Waals surface area contributed by atoms with Gasteiger partial charge in [-0.05, 0) is 53.7 Å². The van der Waals surface area contributed by atoms with Gasteiger partial charge in [0.25, 0.3) is 10.3 Å². The summed E-state index contributed by atoms with van der Waals surface area (Å²) in [4.78, 5) is 0. The zero-order valence-corrected chi connectivity index (χ0v) is 13.8. The molecule has 1 atom stereocenters. The highest BCUT2D eigenvalue weighted by Gasteiger charge is 2.39. The molecule has 0 bridgehead atoms. The smallest absolute Gasteiger partial charge is 0.219 e. The Morgan fingerprint density at radius 2 is 2.00 bits per heavy atom. The summed E-state index contributed by atoms with van der Waals surface area (Å²) in [6.45, 7) is 5.07. The molecule has 110 valence electrons. The topological polar surface area (TPSA) is 8.81 Å². The van der Waals surface area contributed by atoms with E-state index < -0.39 is 0 Å². The average molecular weight is 322 g/mol. The second kappa shape index (κ2) is 5.51. The molecule has 21 heavy (non-hydrogen) atoms. The predicted molar refractivity (Wildman–Crippen MR) is 87.8 cm³/mol. The lowest BCUT2D eigenvalue weighted by atomic mass is 9.81. The molecule has 0 spiro atoms. The summed E-state index contributed by atoms with van der Waals surface area (Å²) in [6.07, 6.45) is 8.39. The van der Waals surface area contributed by atoms with Crippen LogP contribution in [0.4, 0.5) is 0 Å². The molecule has 0 amide bonds. The third-order valence-corrected chi connectivity index (χ3v) is 5.30. The minimum Gasteiger partial charge on any atom is -0.219 e. The van der Waals surface area contributed by atoms with Crippen molar-refractivity contribution in [2.45, 2.75) is 38.8 Å². The molecule has 3 rings (SSSR count). The van der Waals surface area contributed by atoms with Crippen molar-refractivity contribution >= 4 is 29.3 Å². The van der Waals surface area contributed by atoms with Gasteiger partial charge in [0.05, 0.1) is 6.54 Å². The minimum absolute atomic E-state index is 0.143. The van der Waals surface area contributed by atoms with Crippen molar-refractivity contribution < 1.29 is 4.57 Å². The molecule has 1 aromatic carbocycles. The van der Waals surface area contributed by atoms with Gasteiger partial charge in [0, 0.05) is 6.42 Å². The van der Waals surface area contributed by atoms with Crippen LogP contribution in [-0.2, 0) is 18.5 Å². The number of rotatable bonds is 3. The molecule has 1 aliphatic rings. The van der Waals surface area contributed by atoms with Crippen LogP contribution >= 0.6 is 23.2 Å². The molecule has 0 fully saturated rings. The van der Waals surface area contributed by atoms with Crippen LogP contribution in [-0.4, -0.2) is 4.57 Å². The fourth-order valence-corrected chi connectivity index (χ4v) is 3.63. The number of aryl methyl sites for hydroxylation is 1. The van der Waals surface area contributed by atoms with E-state index in [9.17, 15) is 0 Å².